The van der Waals surface area contributed by atoms with Crippen molar-refractivity contribution in [1.29, 1.82) is 0 Å². The SMILES string of the molecule is O=C(CC1(c2ccc(Cl)cc2)CCNCC1)Nc1cccc(F)c1CCC1CN[C@@H]2CCCS(=O)N1C2. The van der Waals surface area contributed by atoms with Gasteiger partial charge in [-0.25, -0.2) is 12.9 Å². The Hall–Kier alpha value is -1.84. The fourth-order valence-corrected chi connectivity index (χ4v) is 7.75. The maximum Gasteiger partial charge on any atom is 0.225 e. The van der Waals surface area contributed by atoms with Crippen LogP contribution >= 0.6 is 11.6 Å². The number of anilines is 1. The summed E-state index contributed by atoms with van der Waals surface area (Å²) in [5, 5.41) is 10.7. The van der Waals surface area contributed by atoms with Gasteiger partial charge in [0.1, 0.15) is 5.82 Å². The molecule has 5 rings (SSSR count). The van der Waals surface area contributed by atoms with Gasteiger partial charge in [-0.15, -0.1) is 0 Å². The number of nitrogens with zero attached hydrogens (tertiary/aromatic N) is 1. The van der Waals surface area contributed by atoms with Crippen LogP contribution in [0.4, 0.5) is 10.1 Å². The summed E-state index contributed by atoms with van der Waals surface area (Å²) in [7, 11) is -0.985. The maximum atomic E-state index is 15.0. The number of carbonyl (C=O) groups excluding carboxylic acids is 1. The Balaban J connectivity index is 1.29. The molecule has 37 heavy (non-hydrogen) atoms. The summed E-state index contributed by atoms with van der Waals surface area (Å²) in [6.07, 6.45) is 5.18. The van der Waals surface area contributed by atoms with Gasteiger partial charge in [0, 0.05) is 59.0 Å². The number of carbonyl (C=O) groups is 1. The minimum atomic E-state index is -0.985. The molecule has 4 atom stereocenters. The first-order chi connectivity index (χ1) is 17.9. The highest BCUT2D eigenvalue weighted by molar-refractivity contribution is 7.82. The van der Waals surface area contributed by atoms with E-state index in [1.807, 2.05) is 24.3 Å². The van der Waals surface area contributed by atoms with E-state index in [1.54, 1.807) is 12.1 Å². The molecule has 0 aromatic heterocycles. The van der Waals surface area contributed by atoms with E-state index in [0.29, 0.717) is 47.3 Å². The highest BCUT2D eigenvalue weighted by atomic mass is 35.5. The smallest absolute Gasteiger partial charge is 0.225 e. The normalized spacial score (nSPS) is 27.3. The Bertz CT molecular complexity index is 1130. The molecule has 200 valence electrons. The second-order valence-electron chi connectivity index (χ2n) is 10.6. The summed E-state index contributed by atoms with van der Waals surface area (Å²) in [6.45, 7) is 3.22. The Morgan fingerprint density at radius 1 is 1.19 bits per heavy atom. The van der Waals surface area contributed by atoms with E-state index >= 15 is 4.39 Å². The minimum absolute atomic E-state index is 0.0845. The maximum absolute atomic E-state index is 15.0. The van der Waals surface area contributed by atoms with Crippen LogP contribution in [0.2, 0.25) is 5.02 Å². The molecular weight excluding hydrogens is 511 g/mol. The summed E-state index contributed by atoms with van der Waals surface area (Å²) in [5.41, 5.74) is 1.88. The van der Waals surface area contributed by atoms with Gasteiger partial charge < -0.3 is 16.0 Å². The number of rotatable bonds is 7. The first kappa shape index (κ1) is 26.8. The number of halogens is 2. The van der Waals surface area contributed by atoms with Crippen LogP contribution in [-0.4, -0.2) is 58.4 Å². The highest BCUT2D eigenvalue weighted by Crippen LogP contribution is 2.38. The molecule has 0 spiro atoms. The Morgan fingerprint density at radius 2 is 1.97 bits per heavy atom. The summed E-state index contributed by atoms with van der Waals surface area (Å²) in [6, 6.07) is 13.1. The van der Waals surface area contributed by atoms with Crippen molar-refractivity contribution in [3.8, 4) is 0 Å². The number of fused-ring (bicyclic) bond motifs is 2. The van der Waals surface area contributed by atoms with E-state index in [1.165, 1.54) is 6.07 Å². The van der Waals surface area contributed by atoms with Gasteiger partial charge >= 0.3 is 0 Å². The van der Waals surface area contributed by atoms with Crippen LogP contribution in [0.5, 0.6) is 0 Å². The molecule has 9 heteroatoms. The van der Waals surface area contributed by atoms with Crippen LogP contribution in [0.25, 0.3) is 0 Å². The lowest BCUT2D eigenvalue weighted by molar-refractivity contribution is -0.117. The van der Waals surface area contributed by atoms with Crippen LogP contribution in [0, 0.1) is 5.82 Å². The van der Waals surface area contributed by atoms with Crippen LogP contribution in [0.1, 0.15) is 49.7 Å². The molecule has 0 saturated carbocycles. The molecule has 3 heterocycles. The van der Waals surface area contributed by atoms with E-state index in [9.17, 15) is 9.00 Å². The predicted octanol–water partition coefficient (Wildman–Crippen LogP) is 4.16. The zero-order chi connectivity index (χ0) is 25.8. The van der Waals surface area contributed by atoms with Gasteiger partial charge in [-0.05, 0) is 81.4 Å². The lowest BCUT2D eigenvalue weighted by Gasteiger charge is -2.38. The molecule has 3 fully saturated rings. The number of hydrogen-bond donors (Lipinski definition) is 3. The Kier molecular flexibility index (Phi) is 8.61. The minimum Gasteiger partial charge on any atom is -0.326 e. The van der Waals surface area contributed by atoms with Crippen LogP contribution in [-0.2, 0) is 27.6 Å². The Labute approximate surface area is 226 Å². The van der Waals surface area contributed by atoms with Gasteiger partial charge in [0.15, 0.2) is 0 Å². The van der Waals surface area contributed by atoms with Crippen molar-refractivity contribution < 1.29 is 13.4 Å². The van der Waals surface area contributed by atoms with Crippen LogP contribution < -0.4 is 16.0 Å². The fourth-order valence-electron chi connectivity index (χ4n) is 6.11. The molecule has 6 nitrogen and oxygen atoms in total. The van der Waals surface area contributed by atoms with Crippen molar-refractivity contribution >= 4 is 34.2 Å². The van der Waals surface area contributed by atoms with Gasteiger partial charge in [-0.1, -0.05) is 29.8 Å². The summed E-state index contributed by atoms with van der Waals surface area (Å²) < 4.78 is 29.9. The number of piperazine rings is 1. The molecule has 3 aliphatic rings. The summed E-state index contributed by atoms with van der Waals surface area (Å²) in [4.78, 5) is 13.4. The van der Waals surface area contributed by atoms with Crippen molar-refractivity contribution in [2.45, 2.75) is 62.4 Å². The molecule has 1 amide bonds. The zero-order valence-electron chi connectivity index (χ0n) is 21.1. The lowest BCUT2D eigenvalue weighted by atomic mass is 9.70. The Morgan fingerprint density at radius 3 is 2.76 bits per heavy atom. The highest BCUT2D eigenvalue weighted by Gasteiger charge is 2.37. The standard InChI is InChI=1S/C28H36ClFN4O2S/c29-21-8-6-20(7-9-21)28(12-14-31-15-13-28)17-27(35)33-26-5-1-4-25(30)24(26)11-10-23-18-32-22-3-2-16-37(36)34(23)19-22/h1,4-9,22-23,31-32H,2-3,10-19H2,(H,33,35)/t22-,23?,37?/m1/s1. The number of benzene rings is 2. The predicted molar refractivity (Wildman–Crippen MR) is 148 cm³/mol. The van der Waals surface area contributed by atoms with Gasteiger partial charge in [-0.3, -0.25) is 4.79 Å². The first-order valence-electron chi connectivity index (χ1n) is 13.4. The molecule has 3 unspecified atom stereocenters. The van der Waals surface area contributed by atoms with Crippen LogP contribution in [0.15, 0.2) is 42.5 Å². The van der Waals surface area contributed by atoms with Crippen molar-refractivity contribution in [1.82, 2.24) is 14.9 Å². The van der Waals surface area contributed by atoms with E-state index in [-0.39, 0.29) is 23.2 Å². The molecule has 3 saturated heterocycles. The van der Waals surface area contributed by atoms with Gasteiger partial charge in [-0.2, -0.15) is 0 Å². The van der Waals surface area contributed by atoms with Crippen LogP contribution in [0.3, 0.4) is 0 Å². The van der Waals surface area contributed by atoms with E-state index in [0.717, 1.165) is 57.4 Å². The zero-order valence-corrected chi connectivity index (χ0v) is 22.7. The number of piperidine rings is 1. The molecular formula is C28H36ClFN4O2S. The monoisotopic (exact) mass is 546 g/mol. The second kappa shape index (κ2) is 11.9. The second-order valence-corrected chi connectivity index (χ2v) is 12.5. The first-order valence-corrected chi connectivity index (χ1v) is 15.0. The average Bonchev–Trinajstić information content (AvgIpc) is 3.03. The van der Waals surface area contributed by atoms with Crippen molar-refractivity contribution in [2.75, 3.05) is 37.2 Å². The van der Waals surface area contributed by atoms with E-state index in [2.05, 4.69) is 20.3 Å². The number of nitrogens with one attached hydrogen (secondary N) is 3. The topological polar surface area (TPSA) is 73.5 Å². The molecule has 0 radical (unpaired) electrons. The molecule has 2 aromatic rings. The number of amides is 1. The summed E-state index contributed by atoms with van der Waals surface area (Å²) >= 11 is 6.12. The summed E-state index contributed by atoms with van der Waals surface area (Å²) in [5.74, 6) is 0.269. The third kappa shape index (κ3) is 6.25. The largest absolute Gasteiger partial charge is 0.326 e. The third-order valence-electron chi connectivity index (χ3n) is 8.22. The van der Waals surface area contributed by atoms with E-state index < -0.39 is 11.0 Å². The number of hydrogen-bond acceptors (Lipinski definition) is 4. The van der Waals surface area contributed by atoms with Crippen molar-refractivity contribution in [3.05, 3.63) is 64.4 Å². The van der Waals surface area contributed by atoms with Crippen molar-refractivity contribution in [3.63, 3.8) is 0 Å². The van der Waals surface area contributed by atoms with Crippen molar-refractivity contribution in [2.24, 2.45) is 0 Å². The average molecular weight is 547 g/mol. The lowest BCUT2D eigenvalue weighted by Crippen LogP contribution is -2.55. The third-order valence-corrected chi connectivity index (χ3v) is 10.1. The quantitative estimate of drug-likeness (QED) is 0.487. The molecule has 0 aliphatic carbocycles. The fraction of sp³-hybridized carbons (Fsp3) is 0.536. The van der Waals surface area contributed by atoms with Gasteiger partial charge in [0.2, 0.25) is 5.91 Å². The molecule has 3 N–H and O–H groups in total. The van der Waals surface area contributed by atoms with Gasteiger partial charge in [0.05, 0.1) is 11.0 Å². The van der Waals surface area contributed by atoms with E-state index in [4.69, 9.17) is 11.6 Å². The molecule has 3 aliphatic heterocycles. The molecule has 2 aromatic carbocycles. The molecule has 2 bridgehead atoms. The van der Waals surface area contributed by atoms with Gasteiger partial charge in [0.25, 0.3) is 0 Å².